The molecule has 1 aliphatic rings. The third-order valence-corrected chi connectivity index (χ3v) is 6.04. The van der Waals surface area contributed by atoms with Gasteiger partial charge in [-0.05, 0) is 71.2 Å². The van der Waals surface area contributed by atoms with Crippen LogP contribution in [0.25, 0.3) is 0 Å². The number of amides is 2. The van der Waals surface area contributed by atoms with Crippen molar-refractivity contribution >= 4 is 40.1 Å². The Morgan fingerprint density at radius 1 is 1.15 bits per heavy atom. The van der Waals surface area contributed by atoms with Gasteiger partial charge < -0.3 is 39.8 Å². The molecule has 2 aromatic rings. The zero-order valence-electron chi connectivity index (χ0n) is 21.9. The summed E-state index contributed by atoms with van der Waals surface area (Å²) in [6.45, 7) is 3.08. The van der Waals surface area contributed by atoms with E-state index in [2.05, 4.69) is 37.1 Å². The van der Waals surface area contributed by atoms with Gasteiger partial charge in [-0.3, -0.25) is 5.43 Å². The number of carboxylic acid groups (broad SMARTS) is 1. The number of methoxy groups -OCH3 is 1. The topological polar surface area (TPSA) is 177 Å². The lowest BCUT2D eigenvalue weighted by Gasteiger charge is -2.28. The zero-order valence-corrected chi connectivity index (χ0v) is 23.5. The summed E-state index contributed by atoms with van der Waals surface area (Å²) in [5.74, 6) is -0.625. The number of rotatable bonds is 13. The Kier molecular flexibility index (Phi) is 10.7. The Morgan fingerprint density at radius 3 is 2.58 bits per heavy atom. The first kappa shape index (κ1) is 30.2. The highest BCUT2D eigenvalue weighted by Gasteiger charge is 2.32. The van der Waals surface area contributed by atoms with Gasteiger partial charge in [-0.25, -0.2) is 14.4 Å². The molecule has 0 unspecified atom stereocenters. The molecule has 0 fully saturated rings. The number of aliphatic hydroxyl groups is 1. The molecule has 2 aromatic carbocycles. The van der Waals surface area contributed by atoms with Crippen LogP contribution in [0.1, 0.15) is 31.0 Å². The van der Waals surface area contributed by atoms with E-state index in [4.69, 9.17) is 24.1 Å². The van der Waals surface area contributed by atoms with Crippen LogP contribution in [-0.4, -0.2) is 67.6 Å². The van der Waals surface area contributed by atoms with Crippen molar-refractivity contribution in [2.24, 2.45) is 5.10 Å². The van der Waals surface area contributed by atoms with Crippen LogP contribution in [0, 0.1) is 0 Å². The van der Waals surface area contributed by atoms with Gasteiger partial charge in [-0.2, -0.15) is 5.10 Å². The predicted octanol–water partition coefficient (Wildman–Crippen LogP) is 2.43. The third-order valence-electron chi connectivity index (χ3n) is 5.42. The van der Waals surface area contributed by atoms with Crippen LogP contribution >= 0.6 is 15.9 Å². The van der Waals surface area contributed by atoms with Crippen LogP contribution in [0.2, 0.25) is 0 Å². The number of carboxylic acids is 1. The number of urea groups is 1. The minimum atomic E-state index is -1.17. The molecule has 0 aromatic heterocycles. The zero-order chi connectivity index (χ0) is 29.2. The number of esters is 1. The molecule has 14 heteroatoms. The Bertz CT molecular complexity index is 1320. The van der Waals surface area contributed by atoms with Gasteiger partial charge in [0.1, 0.15) is 12.4 Å². The normalized spacial score (nSPS) is 15.6. The molecule has 0 radical (unpaired) electrons. The second kappa shape index (κ2) is 14.2. The largest absolute Gasteiger partial charge is 0.490 e. The number of aliphatic hydroxyl groups excluding tert-OH is 1. The number of nitrogens with one attached hydrogen (secondary N) is 3. The molecule has 0 bridgehead atoms. The number of halogens is 1. The number of hydrogen-bond acceptors (Lipinski definition) is 10. The van der Waals surface area contributed by atoms with Gasteiger partial charge in [0, 0.05) is 5.70 Å². The van der Waals surface area contributed by atoms with Gasteiger partial charge >= 0.3 is 18.0 Å². The van der Waals surface area contributed by atoms with E-state index >= 15 is 0 Å². The molecule has 5 N–H and O–H groups in total. The van der Waals surface area contributed by atoms with Crippen molar-refractivity contribution in [1.29, 1.82) is 0 Å². The second-order valence-corrected chi connectivity index (χ2v) is 9.14. The molecular weight excluding hydrogens is 592 g/mol. The summed E-state index contributed by atoms with van der Waals surface area (Å²) in [4.78, 5) is 35.1. The summed E-state index contributed by atoms with van der Waals surface area (Å²) >= 11 is 3.31. The van der Waals surface area contributed by atoms with E-state index in [9.17, 15) is 19.5 Å². The number of benzene rings is 2. The summed E-state index contributed by atoms with van der Waals surface area (Å²) in [7, 11) is 1.26. The van der Waals surface area contributed by atoms with Gasteiger partial charge in [0.15, 0.2) is 24.3 Å². The van der Waals surface area contributed by atoms with Crippen molar-refractivity contribution in [1.82, 2.24) is 16.1 Å². The number of hydrogen-bond donors (Lipinski definition) is 5. The van der Waals surface area contributed by atoms with Gasteiger partial charge in [0.25, 0.3) is 0 Å². The lowest BCUT2D eigenvalue weighted by Crippen LogP contribution is -2.45. The highest BCUT2D eigenvalue weighted by atomic mass is 79.9. The van der Waals surface area contributed by atoms with E-state index in [1.807, 2.05) is 0 Å². The molecule has 1 heterocycles. The maximum absolute atomic E-state index is 12.4. The summed E-state index contributed by atoms with van der Waals surface area (Å²) in [6.07, 6.45) is 0.282. The van der Waals surface area contributed by atoms with Crippen molar-refractivity contribution in [2.45, 2.75) is 26.1 Å². The Morgan fingerprint density at radius 2 is 1.90 bits per heavy atom. The Labute approximate surface area is 238 Å². The monoisotopic (exact) mass is 620 g/mol. The minimum absolute atomic E-state index is 0.182. The van der Waals surface area contributed by atoms with Crippen molar-refractivity contribution in [3.63, 3.8) is 0 Å². The number of ether oxygens (including phenoxy) is 4. The van der Waals surface area contributed by atoms with E-state index in [1.54, 1.807) is 50.2 Å². The molecule has 0 aliphatic carbocycles. The lowest BCUT2D eigenvalue weighted by atomic mass is 9.95. The van der Waals surface area contributed by atoms with E-state index in [0.717, 1.165) is 0 Å². The Balaban J connectivity index is 1.65. The molecule has 3 rings (SSSR count). The SMILES string of the molecule is CCOc1cc([C@@H]2NC(=O)NC(C)=C2C(=O)OC)ccc1OC[C@@H](O)N/N=C\c1ccc(OCC(=O)O)c(Br)c1. The fraction of sp³-hybridized carbons (Fsp3) is 0.308. The van der Waals surface area contributed by atoms with Crippen molar-refractivity contribution in [3.8, 4) is 17.2 Å². The third kappa shape index (κ3) is 8.10. The molecule has 13 nitrogen and oxygen atoms in total. The minimum Gasteiger partial charge on any atom is -0.490 e. The van der Waals surface area contributed by atoms with Crippen molar-refractivity contribution in [2.75, 3.05) is 26.9 Å². The summed E-state index contributed by atoms with van der Waals surface area (Å²) < 4.78 is 22.0. The smallest absolute Gasteiger partial charge is 0.341 e. The predicted molar refractivity (Wildman–Crippen MR) is 146 cm³/mol. The lowest BCUT2D eigenvalue weighted by molar-refractivity contribution is -0.139. The van der Waals surface area contributed by atoms with Crippen LogP contribution in [0.15, 0.2) is 57.2 Å². The van der Waals surface area contributed by atoms with Crippen LogP contribution in [0.4, 0.5) is 4.79 Å². The molecule has 2 amide bonds. The molecule has 214 valence electrons. The highest BCUT2D eigenvalue weighted by Crippen LogP contribution is 2.35. The van der Waals surface area contributed by atoms with Gasteiger partial charge in [-0.15, -0.1) is 0 Å². The fourth-order valence-electron chi connectivity index (χ4n) is 3.67. The van der Waals surface area contributed by atoms with E-state index < -0.39 is 36.8 Å². The highest BCUT2D eigenvalue weighted by molar-refractivity contribution is 9.10. The number of allylic oxidation sites excluding steroid dienone is 1. The first-order valence-electron chi connectivity index (χ1n) is 12.0. The average Bonchev–Trinajstić information content (AvgIpc) is 2.91. The van der Waals surface area contributed by atoms with Gasteiger partial charge in [0.05, 0.1) is 36.0 Å². The molecule has 1 aliphatic heterocycles. The maximum Gasteiger partial charge on any atom is 0.341 e. The van der Waals surface area contributed by atoms with Crippen LogP contribution in [0.5, 0.6) is 17.2 Å². The quantitative estimate of drug-likeness (QED) is 0.0967. The summed E-state index contributed by atoms with van der Waals surface area (Å²) in [6, 6.07) is 8.63. The van der Waals surface area contributed by atoms with E-state index in [0.29, 0.717) is 45.2 Å². The van der Waals surface area contributed by atoms with Crippen molar-refractivity contribution < 1.29 is 43.5 Å². The number of carbonyl (C=O) groups is 3. The standard InChI is InChI=1S/C26H29BrN4O9/c1-4-38-20-10-16(24-23(25(35)37-3)14(2)29-26(36)30-24)6-8-19(20)39-12-21(32)31-28-11-15-5-7-18(17(27)9-15)40-13-22(33)34/h5-11,21,24,31-32H,4,12-13H2,1-3H3,(H,33,34)(H2,29,30,36)/b28-11-/t21-,24+/m1/s1. The van der Waals surface area contributed by atoms with Crippen molar-refractivity contribution in [3.05, 3.63) is 63.3 Å². The molecule has 40 heavy (non-hydrogen) atoms. The number of carbonyl (C=O) groups excluding carboxylic acids is 2. The molecule has 2 atom stereocenters. The van der Waals surface area contributed by atoms with E-state index in [1.165, 1.54) is 13.3 Å². The van der Waals surface area contributed by atoms with Gasteiger partial charge in [-0.1, -0.05) is 6.07 Å². The Hall–Kier alpha value is -4.30. The number of nitrogens with zero attached hydrogens (tertiary/aromatic N) is 1. The fourth-order valence-corrected chi connectivity index (χ4v) is 4.18. The maximum atomic E-state index is 12.4. The summed E-state index contributed by atoms with van der Waals surface area (Å²) in [5.41, 5.74) is 4.41. The van der Waals surface area contributed by atoms with Gasteiger partial charge in [0.2, 0.25) is 0 Å². The molecule has 0 spiro atoms. The summed E-state index contributed by atoms with van der Waals surface area (Å²) in [5, 5.41) is 28.3. The average molecular weight is 621 g/mol. The van der Waals surface area contributed by atoms with Crippen LogP contribution in [-0.2, 0) is 14.3 Å². The van der Waals surface area contributed by atoms with Crippen LogP contribution < -0.4 is 30.3 Å². The first-order valence-corrected chi connectivity index (χ1v) is 12.8. The number of hydrazone groups is 1. The molecular formula is C26H29BrN4O9. The number of aliphatic carboxylic acids is 1. The van der Waals surface area contributed by atoms with E-state index in [-0.39, 0.29) is 12.2 Å². The molecule has 0 saturated heterocycles. The second-order valence-electron chi connectivity index (χ2n) is 8.29. The molecule has 0 saturated carbocycles. The van der Waals surface area contributed by atoms with Crippen LogP contribution in [0.3, 0.4) is 0 Å². The first-order chi connectivity index (χ1) is 19.1.